The highest BCUT2D eigenvalue weighted by Crippen LogP contribution is 2.25. The van der Waals surface area contributed by atoms with Crippen LogP contribution in [0.2, 0.25) is 0 Å². The van der Waals surface area contributed by atoms with Gasteiger partial charge in [-0.25, -0.2) is 0 Å². The second kappa shape index (κ2) is 7.62. The van der Waals surface area contributed by atoms with Crippen LogP contribution in [0, 0.1) is 11.3 Å². The molecule has 0 fully saturated rings. The third kappa shape index (κ3) is 3.86. The standard InChI is InChI=1S/C17H15BrN2O2/c1-2-9-22-16-8-7-13(18)10-14(16)17(21)20-15-6-4-3-5-12(15)11-19/h3-8,10H,2,9H2,1H3,(H,20,21). The van der Waals surface area contributed by atoms with Crippen molar-refractivity contribution in [2.45, 2.75) is 13.3 Å². The lowest BCUT2D eigenvalue weighted by Gasteiger charge is -2.12. The molecule has 22 heavy (non-hydrogen) atoms. The van der Waals surface area contributed by atoms with E-state index >= 15 is 0 Å². The highest BCUT2D eigenvalue weighted by atomic mass is 79.9. The SMILES string of the molecule is CCCOc1ccc(Br)cc1C(=O)Nc1ccccc1C#N. The summed E-state index contributed by atoms with van der Waals surface area (Å²) in [5.41, 5.74) is 1.33. The number of carbonyl (C=O) groups excluding carboxylic acids is 1. The first-order valence-electron chi connectivity index (χ1n) is 6.88. The number of para-hydroxylation sites is 1. The number of ether oxygens (including phenoxy) is 1. The van der Waals surface area contributed by atoms with Crippen molar-refractivity contribution < 1.29 is 9.53 Å². The lowest BCUT2D eigenvalue weighted by molar-refractivity contribution is 0.102. The second-order valence-electron chi connectivity index (χ2n) is 4.60. The van der Waals surface area contributed by atoms with E-state index in [9.17, 15) is 4.79 Å². The molecule has 0 radical (unpaired) electrons. The first-order valence-corrected chi connectivity index (χ1v) is 7.68. The van der Waals surface area contributed by atoms with Gasteiger partial charge in [0, 0.05) is 4.47 Å². The Bertz CT molecular complexity index is 723. The van der Waals surface area contributed by atoms with E-state index in [0.29, 0.717) is 29.2 Å². The van der Waals surface area contributed by atoms with Gasteiger partial charge in [-0.2, -0.15) is 5.26 Å². The number of rotatable bonds is 5. The van der Waals surface area contributed by atoms with Crippen LogP contribution in [0.15, 0.2) is 46.9 Å². The molecule has 2 aromatic rings. The number of nitrogens with one attached hydrogen (secondary N) is 1. The Labute approximate surface area is 137 Å². The molecule has 2 rings (SSSR count). The molecule has 0 aliphatic carbocycles. The predicted molar refractivity (Wildman–Crippen MR) is 89.0 cm³/mol. The lowest BCUT2D eigenvalue weighted by Crippen LogP contribution is -2.14. The van der Waals surface area contributed by atoms with Crippen LogP contribution < -0.4 is 10.1 Å². The van der Waals surface area contributed by atoms with E-state index in [2.05, 4.69) is 27.3 Å². The molecule has 4 nitrogen and oxygen atoms in total. The molecule has 0 aliphatic rings. The van der Waals surface area contributed by atoms with E-state index in [1.165, 1.54) is 0 Å². The highest BCUT2D eigenvalue weighted by Gasteiger charge is 2.15. The van der Waals surface area contributed by atoms with Crippen molar-refractivity contribution in [3.8, 4) is 11.8 Å². The summed E-state index contributed by atoms with van der Waals surface area (Å²) in [6.45, 7) is 2.54. The molecule has 0 bridgehead atoms. The zero-order valence-electron chi connectivity index (χ0n) is 12.1. The number of amides is 1. The minimum absolute atomic E-state index is 0.310. The number of nitriles is 1. The number of anilines is 1. The number of benzene rings is 2. The van der Waals surface area contributed by atoms with E-state index in [0.717, 1.165) is 10.9 Å². The van der Waals surface area contributed by atoms with Gasteiger partial charge in [-0.15, -0.1) is 0 Å². The normalized spacial score (nSPS) is 9.86. The minimum Gasteiger partial charge on any atom is -0.493 e. The van der Waals surface area contributed by atoms with Crippen LogP contribution in [0.25, 0.3) is 0 Å². The molecule has 112 valence electrons. The van der Waals surface area contributed by atoms with E-state index in [4.69, 9.17) is 10.00 Å². The number of nitrogens with zero attached hydrogens (tertiary/aromatic N) is 1. The van der Waals surface area contributed by atoms with Gasteiger partial charge in [0.2, 0.25) is 0 Å². The number of hydrogen-bond donors (Lipinski definition) is 1. The smallest absolute Gasteiger partial charge is 0.259 e. The van der Waals surface area contributed by atoms with Gasteiger partial charge < -0.3 is 10.1 Å². The monoisotopic (exact) mass is 358 g/mol. The summed E-state index contributed by atoms with van der Waals surface area (Å²) in [5, 5.41) is 11.8. The van der Waals surface area contributed by atoms with Crippen LogP contribution in [-0.4, -0.2) is 12.5 Å². The molecule has 0 heterocycles. The number of carbonyl (C=O) groups is 1. The number of hydrogen-bond acceptors (Lipinski definition) is 3. The molecule has 0 aliphatic heterocycles. The quantitative estimate of drug-likeness (QED) is 0.863. The zero-order valence-corrected chi connectivity index (χ0v) is 13.7. The maximum Gasteiger partial charge on any atom is 0.259 e. The first-order chi connectivity index (χ1) is 10.7. The van der Waals surface area contributed by atoms with Gasteiger partial charge in [0.25, 0.3) is 5.91 Å². The first kappa shape index (κ1) is 16.1. The minimum atomic E-state index is -0.310. The van der Waals surface area contributed by atoms with Crippen molar-refractivity contribution in [3.63, 3.8) is 0 Å². The fourth-order valence-corrected chi connectivity index (χ4v) is 2.26. The Morgan fingerprint density at radius 1 is 1.32 bits per heavy atom. The van der Waals surface area contributed by atoms with Crippen LogP contribution in [0.3, 0.4) is 0 Å². The van der Waals surface area contributed by atoms with Crippen molar-refractivity contribution in [1.29, 1.82) is 5.26 Å². The summed E-state index contributed by atoms with van der Waals surface area (Å²) < 4.78 is 6.40. The molecule has 1 N–H and O–H groups in total. The Morgan fingerprint density at radius 2 is 2.09 bits per heavy atom. The van der Waals surface area contributed by atoms with Crippen LogP contribution in [0.1, 0.15) is 29.3 Å². The maximum atomic E-state index is 12.5. The Hall–Kier alpha value is -2.32. The summed E-state index contributed by atoms with van der Waals surface area (Å²) >= 11 is 3.36. The predicted octanol–water partition coefficient (Wildman–Crippen LogP) is 4.36. The van der Waals surface area contributed by atoms with Gasteiger partial charge in [-0.1, -0.05) is 35.0 Å². The summed E-state index contributed by atoms with van der Waals surface area (Å²) in [7, 11) is 0. The van der Waals surface area contributed by atoms with E-state index in [1.807, 2.05) is 13.0 Å². The van der Waals surface area contributed by atoms with E-state index in [1.54, 1.807) is 36.4 Å². The van der Waals surface area contributed by atoms with Crippen molar-refractivity contribution in [3.05, 3.63) is 58.1 Å². The van der Waals surface area contributed by atoms with Gasteiger partial charge in [0.05, 0.1) is 23.4 Å². The van der Waals surface area contributed by atoms with Crippen LogP contribution in [-0.2, 0) is 0 Å². The van der Waals surface area contributed by atoms with Crippen LogP contribution >= 0.6 is 15.9 Å². The van der Waals surface area contributed by atoms with E-state index in [-0.39, 0.29) is 5.91 Å². The molecule has 0 unspecified atom stereocenters. The van der Waals surface area contributed by atoms with Gasteiger partial charge in [-0.3, -0.25) is 4.79 Å². The summed E-state index contributed by atoms with van der Waals surface area (Å²) in [5.74, 6) is 0.215. The van der Waals surface area contributed by atoms with E-state index < -0.39 is 0 Å². The van der Waals surface area contributed by atoms with Crippen molar-refractivity contribution in [2.24, 2.45) is 0 Å². The van der Waals surface area contributed by atoms with Gasteiger partial charge in [-0.05, 0) is 36.8 Å². The molecule has 1 amide bonds. The molecular weight excluding hydrogens is 344 g/mol. The average molecular weight is 359 g/mol. The molecule has 0 atom stereocenters. The average Bonchev–Trinajstić information content (AvgIpc) is 2.54. The van der Waals surface area contributed by atoms with Crippen LogP contribution in [0.5, 0.6) is 5.75 Å². The van der Waals surface area contributed by atoms with Gasteiger partial charge >= 0.3 is 0 Å². The third-order valence-electron chi connectivity index (χ3n) is 2.94. The molecule has 0 saturated carbocycles. The van der Waals surface area contributed by atoms with Crippen LogP contribution in [0.4, 0.5) is 5.69 Å². The summed E-state index contributed by atoms with van der Waals surface area (Å²) in [6, 6.07) is 14.2. The second-order valence-corrected chi connectivity index (χ2v) is 5.52. The van der Waals surface area contributed by atoms with Crippen molar-refractivity contribution >= 4 is 27.5 Å². The maximum absolute atomic E-state index is 12.5. The molecule has 2 aromatic carbocycles. The molecule has 0 aromatic heterocycles. The van der Waals surface area contributed by atoms with Crippen molar-refractivity contribution in [2.75, 3.05) is 11.9 Å². The summed E-state index contributed by atoms with van der Waals surface area (Å²) in [6.07, 6.45) is 0.856. The van der Waals surface area contributed by atoms with Gasteiger partial charge in [0.1, 0.15) is 11.8 Å². The fourth-order valence-electron chi connectivity index (χ4n) is 1.90. The molecule has 0 spiro atoms. The zero-order chi connectivity index (χ0) is 15.9. The summed E-state index contributed by atoms with van der Waals surface area (Å²) in [4.78, 5) is 12.5. The van der Waals surface area contributed by atoms with Crippen molar-refractivity contribution in [1.82, 2.24) is 0 Å². The Kier molecular flexibility index (Phi) is 5.56. The Morgan fingerprint density at radius 3 is 2.82 bits per heavy atom. The molecule has 0 saturated heterocycles. The topological polar surface area (TPSA) is 62.1 Å². The Balaban J connectivity index is 2.29. The fraction of sp³-hybridized carbons (Fsp3) is 0.176. The number of halogens is 1. The third-order valence-corrected chi connectivity index (χ3v) is 3.44. The molecular formula is C17H15BrN2O2. The lowest BCUT2D eigenvalue weighted by atomic mass is 10.1. The molecule has 5 heteroatoms. The van der Waals surface area contributed by atoms with Gasteiger partial charge in [0.15, 0.2) is 0 Å². The highest BCUT2D eigenvalue weighted by molar-refractivity contribution is 9.10. The largest absolute Gasteiger partial charge is 0.493 e.